The van der Waals surface area contributed by atoms with Crippen LogP contribution < -0.4 is 5.32 Å². The molecular formula is C8H11N3. The average molecular weight is 149 g/mol. The number of fused-ring (bicyclic) bond motifs is 1. The molecule has 2 heterocycles. The fraction of sp³-hybridized carbons (Fsp3) is 0.500. The summed E-state index contributed by atoms with van der Waals surface area (Å²) in [4.78, 5) is 8.14. The number of rotatable bonds is 1. The fourth-order valence-electron chi connectivity index (χ4n) is 1.48. The Kier molecular flexibility index (Phi) is 1.49. The highest BCUT2D eigenvalue weighted by Gasteiger charge is 2.20. The van der Waals surface area contributed by atoms with E-state index in [0.29, 0.717) is 5.92 Å². The molecule has 0 saturated carbocycles. The third-order valence-electron chi connectivity index (χ3n) is 2.19. The first-order chi connectivity index (χ1) is 5.42. The Morgan fingerprint density at radius 3 is 3.45 bits per heavy atom. The lowest BCUT2D eigenvalue weighted by Crippen LogP contribution is -1.99. The fourth-order valence-corrected chi connectivity index (χ4v) is 1.48. The lowest BCUT2D eigenvalue weighted by atomic mass is 10.0. The van der Waals surface area contributed by atoms with Crippen molar-refractivity contribution in [1.29, 1.82) is 0 Å². The molecule has 58 valence electrons. The molecule has 1 N–H and O–H groups in total. The van der Waals surface area contributed by atoms with Crippen LogP contribution in [0.5, 0.6) is 0 Å². The van der Waals surface area contributed by atoms with Gasteiger partial charge in [0.05, 0.1) is 0 Å². The van der Waals surface area contributed by atoms with Crippen LogP contribution >= 0.6 is 0 Å². The van der Waals surface area contributed by atoms with Crippen molar-refractivity contribution in [2.45, 2.75) is 19.3 Å². The predicted molar refractivity (Wildman–Crippen MR) is 43.6 cm³/mol. The minimum atomic E-state index is 0.617. The van der Waals surface area contributed by atoms with Crippen LogP contribution in [-0.2, 0) is 0 Å². The monoisotopic (exact) mass is 149 g/mol. The minimum absolute atomic E-state index is 0.617. The Bertz CT molecular complexity index is 259. The van der Waals surface area contributed by atoms with Crippen LogP contribution in [-0.4, -0.2) is 16.5 Å². The van der Waals surface area contributed by atoms with Gasteiger partial charge < -0.3 is 5.32 Å². The Balaban J connectivity index is 2.39. The normalized spacial score (nSPS) is 21.0. The van der Waals surface area contributed by atoms with Gasteiger partial charge in [0.1, 0.15) is 12.1 Å². The molecule has 0 radical (unpaired) electrons. The van der Waals surface area contributed by atoms with Crippen molar-refractivity contribution in [2.75, 3.05) is 11.9 Å². The summed E-state index contributed by atoms with van der Waals surface area (Å²) in [7, 11) is 0. The first kappa shape index (κ1) is 6.58. The molecule has 0 amide bonds. The smallest absolute Gasteiger partial charge is 0.132 e. The van der Waals surface area contributed by atoms with Gasteiger partial charge in [-0.25, -0.2) is 9.97 Å². The quantitative estimate of drug-likeness (QED) is 0.655. The summed E-state index contributed by atoms with van der Waals surface area (Å²) in [5.74, 6) is 1.64. The van der Waals surface area contributed by atoms with E-state index in [4.69, 9.17) is 0 Å². The lowest BCUT2D eigenvalue weighted by Gasteiger charge is -2.02. The van der Waals surface area contributed by atoms with E-state index in [9.17, 15) is 0 Å². The van der Waals surface area contributed by atoms with Crippen LogP contribution in [0.15, 0.2) is 12.5 Å². The molecule has 0 spiro atoms. The van der Waals surface area contributed by atoms with Gasteiger partial charge in [-0.3, -0.25) is 0 Å². The van der Waals surface area contributed by atoms with E-state index in [0.717, 1.165) is 18.8 Å². The zero-order chi connectivity index (χ0) is 7.68. The zero-order valence-electron chi connectivity index (χ0n) is 6.54. The molecule has 0 saturated heterocycles. The number of anilines is 1. The Hall–Kier alpha value is -1.12. The highest BCUT2D eigenvalue weighted by molar-refractivity contribution is 5.49. The van der Waals surface area contributed by atoms with Crippen LogP contribution in [0, 0.1) is 0 Å². The molecule has 0 aromatic carbocycles. The molecule has 1 aliphatic rings. The van der Waals surface area contributed by atoms with Crippen molar-refractivity contribution in [3.63, 3.8) is 0 Å². The number of hydrogen-bond acceptors (Lipinski definition) is 3. The molecule has 1 aromatic heterocycles. The molecule has 1 aliphatic heterocycles. The van der Waals surface area contributed by atoms with Crippen LogP contribution in [0.25, 0.3) is 0 Å². The maximum Gasteiger partial charge on any atom is 0.132 e. The second-order valence-corrected chi connectivity index (χ2v) is 2.81. The second kappa shape index (κ2) is 2.49. The first-order valence-corrected chi connectivity index (χ1v) is 3.95. The second-order valence-electron chi connectivity index (χ2n) is 2.81. The molecule has 3 heteroatoms. The van der Waals surface area contributed by atoms with Gasteiger partial charge >= 0.3 is 0 Å². The van der Waals surface area contributed by atoms with E-state index < -0.39 is 0 Å². The summed E-state index contributed by atoms with van der Waals surface area (Å²) in [6, 6.07) is 0. The summed E-state index contributed by atoms with van der Waals surface area (Å²) >= 11 is 0. The molecule has 1 aromatic rings. The minimum Gasteiger partial charge on any atom is -0.369 e. The van der Waals surface area contributed by atoms with Crippen molar-refractivity contribution in [3.05, 3.63) is 18.1 Å². The molecule has 0 bridgehead atoms. The van der Waals surface area contributed by atoms with Crippen LogP contribution in [0.4, 0.5) is 5.82 Å². The van der Waals surface area contributed by atoms with E-state index in [1.54, 1.807) is 6.33 Å². The van der Waals surface area contributed by atoms with Gasteiger partial charge in [-0.15, -0.1) is 0 Å². The maximum absolute atomic E-state index is 4.14. The van der Waals surface area contributed by atoms with E-state index in [1.807, 2.05) is 6.20 Å². The molecule has 1 atom stereocenters. The van der Waals surface area contributed by atoms with E-state index >= 15 is 0 Å². The van der Waals surface area contributed by atoms with Crippen molar-refractivity contribution >= 4 is 5.82 Å². The van der Waals surface area contributed by atoms with E-state index in [2.05, 4.69) is 22.2 Å². The van der Waals surface area contributed by atoms with E-state index in [-0.39, 0.29) is 0 Å². The van der Waals surface area contributed by atoms with E-state index in [1.165, 1.54) is 5.56 Å². The number of nitrogens with one attached hydrogen (secondary N) is 1. The van der Waals surface area contributed by atoms with Crippen LogP contribution in [0.1, 0.15) is 24.8 Å². The molecule has 0 aliphatic carbocycles. The highest BCUT2D eigenvalue weighted by Crippen LogP contribution is 2.30. The Morgan fingerprint density at radius 1 is 1.73 bits per heavy atom. The Labute approximate surface area is 65.9 Å². The van der Waals surface area contributed by atoms with Crippen molar-refractivity contribution in [1.82, 2.24) is 9.97 Å². The van der Waals surface area contributed by atoms with Gasteiger partial charge in [-0.2, -0.15) is 0 Å². The maximum atomic E-state index is 4.14. The summed E-state index contributed by atoms with van der Waals surface area (Å²) in [5, 5.41) is 3.25. The molecular weight excluding hydrogens is 138 g/mol. The average Bonchev–Trinajstić information content (AvgIpc) is 2.47. The number of nitrogens with zero attached hydrogens (tertiary/aromatic N) is 2. The summed E-state index contributed by atoms with van der Waals surface area (Å²) in [6.07, 6.45) is 4.66. The number of hydrogen-bond donors (Lipinski definition) is 1. The lowest BCUT2D eigenvalue weighted by molar-refractivity contribution is 0.724. The highest BCUT2D eigenvalue weighted by atomic mass is 15.0. The van der Waals surface area contributed by atoms with Gasteiger partial charge in [0.15, 0.2) is 0 Å². The van der Waals surface area contributed by atoms with Gasteiger partial charge in [0, 0.05) is 24.2 Å². The van der Waals surface area contributed by atoms with Gasteiger partial charge in [-0.05, 0) is 6.42 Å². The SMILES string of the molecule is CCC1CNc2ncncc21. The number of aromatic nitrogens is 2. The standard InChI is InChI=1S/C8H11N3/c1-2-6-3-10-8-7(6)4-9-5-11-8/h4-6H,2-3H2,1H3,(H,9,10,11). The third kappa shape index (κ3) is 0.964. The molecule has 2 rings (SSSR count). The summed E-state index contributed by atoms with van der Waals surface area (Å²) in [5.41, 5.74) is 1.27. The van der Waals surface area contributed by atoms with Crippen molar-refractivity contribution in [2.24, 2.45) is 0 Å². The molecule has 11 heavy (non-hydrogen) atoms. The summed E-state index contributed by atoms with van der Waals surface area (Å²) < 4.78 is 0. The third-order valence-corrected chi connectivity index (χ3v) is 2.19. The van der Waals surface area contributed by atoms with Gasteiger partial charge in [0.25, 0.3) is 0 Å². The van der Waals surface area contributed by atoms with Crippen LogP contribution in [0.2, 0.25) is 0 Å². The first-order valence-electron chi connectivity index (χ1n) is 3.95. The predicted octanol–water partition coefficient (Wildman–Crippen LogP) is 1.40. The van der Waals surface area contributed by atoms with Crippen LogP contribution in [0.3, 0.4) is 0 Å². The molecule has 1 unspecified atom stereocenters. The summed E-state index contributed by atoms with van der Waals surface area (Å²) in [6.45, 7) is 3.21. The molecule has 3 nitrogen and oxygen atoms in total. The van der Waals surface area contributed by atoms with Crippen molar-refractivity contribution in [3.8, 4) is 0 Å². The van der Waals surface area contributed by atoms with Gasteiger partial charge in [-0.1, -0.05) is 6.92 Å². The van der Waals surface area contributed by atoms with Crippen molar-refractivity contribution < 1.29 is 0 Å². The largest absolute Gasteiger partial charge is 0.369 e. The topological polar surface area (TPSA) is 37.8 Å². The zero-order valence-corrected chi connectivity index (χ0v) is 6.54. The van der Waals surface area contributed by atoms with Gasteiger partial charge in [0.2, 0.25) is 0 Å². The molecule has 0 fully saturated rings. The Morgan fingerprint density at radius 2 is 2.64 bits per heavy atom.